The van der Waals surface area contributed by atoms with Crippen molar-refractivity contribution >= 4 is 34.7 Å². The lowest BCUT2D eigenvalue weighted by Gasteiger charge is -2.34. The Hall–Kier alpha value is -4.83. The van der Waals surface area contributed by atoms with Crippen LogP contribution in [0.1, 0.15) is 5.56 Å². The summed E-state index contributed by atoms with van der Waals surface area (Å²) in [4.78, 5) is 26.3. The van der Waals surface area contributed by atoms with Gasteiger partial charge in [-0.25, -0.2) is 14.8 Å². The summed E-state index contributed by atoms with van der Waals surface area (Å²) in [6, 6.07) is 21.0. The first-order valence-corrected chi connectivity index (χ1v) is 13.5. The van der Waals surface area contributed by atoms with Crippen LogP contribution < -0.4 is 30.3 Å². The standard InChI is InChI=1S/C31H35N7O3/c1-21-16-27(40-3)28(41-4)18-25(21)24-10-5-6-11-26(24)35-31(39)36-30-19-29(32-20-33-30)34-22-8-7-9-23(17-22)38-14-12-37(2)13-15-38/h5-11,16-20H,12-15H2,1-4H3,(H3,32,33,34,35,36,39). The van der Waals surface area contributed by atoms with Crippen LogP contribution in [-0.4, -0.2) is 68.3 Å². The van der Waals surface area contributed by atoms with Gasteiger partial charge in [0, 0.05) is 49.2 Å². The van der Waals surface area contributed by atoms with E-state index in [-0.39, 0.29) is 0 Å². The molecule has 0 aliphatic carbocycles. The third-order valence-electron chi connectivity index (χ3n) is 7.09. The molecule has 1 fully saturated rings. The number of hydrogen-bond donors (Lipinski definition) is 3. The van der Waals surface area contributed by atoms with Gasteiger partial charge in [-0.2, -0.15) is 0 Å². The number of carbonyl (C=O) groups excluding carboxylic acids is 1. The number of likely N-dealkylation sites (N-methyl/N-ethyl adjacent to an activating group) is 1. The number of anilines is 5. The van der Waals surface area contributed by atoms with Crippen LogP contribution in [0.4, 0.5) is 33.5 Å². The molecule has 0 saturated carbocycles. The molecule has 1 saturated heterocycles. The fourth-order valence-electron chi connectivity index (χ4n) is 4.85. The van der Waals surface area contributed by atoms with E-state index in [9.17, 15) is 4.79 Å². The smallest absolute Gasteiger partial charge is 0.324 e. The number of ether oxygens (including phenoxy) is 2. The molecule has 1 aliphatic rings. The summed E-state index contributed by atoms with van der Waals surface area (Å²) in [6.45, 7) is 6.05. The Balaban J connectivity index is 1.28. The number of urea groups is 1. The molecule has 41 heavy (non-hydrogen) atoms. The number of amides is 2. The van der Waals surface area contributed by atoms with E-state index in [1.54, 1.807) is 20.3 Å². The van der Waals surface area contributed by atoms with E-state index in [4.69, 9.17) is 9.47 Å². The number of rotatable bonds is 8. The van der Waals surface area contributed by atoms with E-state index in [0.717, 1.165) is 48.6 Å². The summed E-state index contributed by atoms with van der Waals surface area (Å²) in [5.74, 6) is 2.21. The van der Waals surface area contributed by atoms with E-state index in [2.05, 4.69) is 54.9 Å². The molecule has 0 spiro atoms. The lowest BCUT2D eigenvalue weighted by molar-refractivity contribution is 0.262. The summed E-state index contributed by atoms with van der Waals surface area (Å²) >= 11 is 0. The van der Waals surface area contributed by atoms with E-state index in [0.29, 0.717) is 28.8 Å². The first-order valence-electron chi connectivity index (χ1n) is 13.5. The van der Waals surface area contributed by atoms with Crippen molar-refractivity contribution < 1.29 is 14.3 Å². The number of aryl methyl sites for hydroxylation is 1. The average Bonchev–Trinajstić information content (AvgIpc) is 2.98. The predicted octanol–water partition coefficient (Wildman–Crippen LogP) is 5.61. The van der Waals surface area contributed by atoms with Crippen molar-refractivity contribution in [3.8, 4) is 22.6 Å². The van der Waals surface area contributed by atoms with Crippen molar-refractivity contribution in [2.45, 2.75) is 6.92 Å². The third kappa shape index (κ3) is 6.67. The Morgan fingerprint density at radius 3 is 2.32 bits per heavy atom. The molecule has 3 N–H and O–H groups in total. The molecule has 0 atom stereocenters. The average molecular weight is 554 g/mol. The van der Waals surface area contributed by atoms with Gasteiger partial charge in [0.15, 0.2) is 11.5 Å². The maximum Gasteiger partial charge on any atom is 0.324 e. The molecule has 1 aliphatic heterocycles. The summed E-state index contributed by atoms with van der Waals surface area (Å²) < 4.78 is 10.9. The second kappa shape index (κ2) is 12.6. The highest BCUT2D eigenvalue weighted by atomic mass is 16.5. The Kier molecular flexibility index (Phi) is 8.50. The van der Waals surface area contributed by atoms with Crippen molar-refractivity contribution in [2.24, 2.45) is 0 Å². The van der Waals surface area contributed by atoms with Gasteiger partial charge in [-0.3, -0.25) is 5.32 Å². The number of carbonyl (C=O) groups is 1. The molecule has 212 valence electrons. The van der Waals surface area contributed by atoms with E-state index in [1.165, 1.54) is 12.0 Å². The normalized spacial score (nSPS) is 13.4. The van der Waals surface area contributed by atoms with Crippen molar-refractivity contribution in [2.75, 3.05) is 68.3 Å². The molecule has 10 nitrogen and oxygen atoms in total. The minimum Gasteiger partial charge on any atom is -0.493 e. The molecule has 3 aromatic carbocycles. The third-order valence-corrected chi connectivity index (χ3v) is 7.09. The molecule has 4 aromatic rings. The highest BCUT2D eigenvalue weighted by Crippen LogP contribution is 2.38. The summed E-state index contributed by atoms with van der Waals surface area (Å²) in [5, 5.41) is 9.10. The van der Waals surface area contributed by atoms with Gasteiger partial charge in [0.05, 0.1) is 19.9 Å². The molecule has 2 amide bonds. The Morgan fingerprint density at radius 1 is 0.805 bits per heavy atom. The van der Waals surface area contributed by atoms with Crippen molar-refractivity contribution in [3.63, 3.8) is 0 Å². The fourth-order valence-corrected chi connectivity index (χ4v) is 4.85. The molecular weight excluding hydrogens is 518 g/mol. The number of methoxy groups -OCH3 is 2. The highest BCUT2D eigenvalue weighted by Gasteiger charge is 2.16. The minimum atomic E-state index is -0.419. The van der Waals surface area contributed by atoms with Crippen LogP contribution in [0.25, 0.3) is 11.1 Å². The monoisotopic (exact) mass is 553 g/mol. The first kappa shape index (κ1) is 27.7. The maximum atomic E-state index is 13.0. The molecule has 10 heteroatoms. The van der Waals surface area contributed by atoms with Gasteiger partial charge in [-0.1, -0.05) is 24.3 Å². The van der Waals surface area contributed by atoms with Crippen LogP contribution in [0.2, 0.25) is 0 Å². The zero-order chi connectivity index (χ0) is 28.8. The van der Waals surface area contributed by atoms with Gasteiger partial charge in [0.1, 0.15) is 18.0 Å². The molecule has 2 heterocycles. The fraction of sp³-hybridized carbons (Fsp3) is 0.258. The highest BCUT2D eigenvalue weighted by molar-refractivity contribution is 6.02. The first-order chi connectivity index (χ1) is 19.9. The topological polar surface area (TPSA) is 104 Å². The zero-order valence-corrected chi connectivity index (χ0v) is 23.8. The predicted molar refractivity (Wildman–Crippen MR) is 164 cm³/mol. The maximum absolute atomic E-state index is 13.0. The molecule has 0 unspecified atom stereocenters. The Morgan fingerprint density at radius 2 is 1.54 bits per heavy atom. The van der Waals surface area contributed by atoms with Gasteiger partial charge >= 0.3 is 6.03 Å². The summed E-state index contributed by atoms with van der Waals surface area (Å²) in [5.41, 5.74) is 5.49. The van der Waals surface area contributed by atoms with Crippen LogP contribution in [0, 0.1) is 6.92 Å². The molecule has 5 rings (SSSR count). The van der Waals surface area contributed by atoms with Gasteiger partial charge in [-0.05, 0) is 61.5 Å². The van der Waals surface area contributed by atoms with Gasteiger partial charge in [-0.15, -0.1) is 0 Å². The second-order valence-corrected chi connectivity index (χ2v) is 9.90. The summed E-state index contributed by atoms with van der Waals surface area (Å²) in [6.07, 6.45) is 1.42. The summed E-state index contributed by atoms with van der Waals surface area (Å²) in [7, 11) is 5.36. The molecular formula is C31H35N7O3. The zero-order valence-electron chi connectivity index (χ0n) is 23.8. The van der Waals surface area contributed by atoms with Crippen LogP contribution in [0.5, 0.6) is 11.5 Å². The van der Waals surface area contributed by atoms with Gasteiger partial charge < -0.3 is 29.9 Å². The quantitative estimate of drug-likeness (QED) is 0.259. The number of para-hydroxylation sites is 1. The SMILES string of the molecule is COc1cc(C)c(-c2ccccc2NC(=O)Nc2cc(Nc3cccc(N4CCN(C)CC4)c3)ncn2)cc1OC. The van der Waals surface area contributed by atoms with Gasteiger partial charge in [0.25, 0.3) is 0 Å². The number of hydrogen-bond acceptors (Lipinski definition) is 8. The van der Waals surface area contributed by atoms with Crippen LogP contribution in [0.15, 0.2) is 73.1 Å². The van der Waals surface area contributed by atoms with Gasteiger partial charge in [0.2, 0.25) is 0 Å². The molecule has 0 bridgehead atoms. The molecule has 0 radical (unpaired) electrons. The van der Waals surface area contributed by atoms with E-state index < -0.39 is 6.03 Å². The number of benzene rings is 3. The van der Waals surface area contributed by atoms with Crippen LogP contribution >= 0.6 is 0 Å². The van der Waals surface area contributed by atoms with Crippen molar-refractivity contribution in [1.82, 2.24) is 14.9 Å². The van der Waals surface area contributed by atoms with E-state index in [1.807, 2.05) is 55.5 Å². The van der Waals surface area contributed by atoms with Crippen LogP contribution in [0.3, 0.4) is 0 Å². The lowest BCUT2D eigenvalue weighted by atomic mass is 9.98. The number of aromatic nitrogens is 2. The van der Waals surface area contributed by atoms with Crippen molar-refractivity contribution in [1.29, 1.82) is 0 Å². The van der Waals surface area contributed by atoms with Crippen LogP contribution in [-0.2, 0) is 0 Å². The van der Waals surface area contributed by atoms with Crippen molar-refractivity contribution in [3.05, 3.63) is 78.6 Å². The Labute approximate surface area is 240 Å². The second-order valence-electron chi connectivity index (χ2n) is 9.90. The Bertz CT molecular complexity index is 1520. The van der Waals surface area contributed by atoms with E-state index >= 15 is 0 Å². The number of nitrogens with one attached hydrogen (secondary N) is 3. The number of piperazine rings is 1. The number of nitrogens with zero attached hydrogens (tertiary/aromatic N) is 4. The minimum absolute atomic E-state index is 0.370. The molecule has 1 aromatic heterocycles. The lowest BCUT2D eigenvalue weighted by Crippen LogP contribution is -2.44. The largest absolute Gasteiger partial charge is 0.493 e.